The minimum atomic E-state index is -0.773. The number of hydrogen-bond donors (Lipinski definition) is 3. The minimum Gasteiger partial charge on any atom is -0.481 e. The third-order valence-electron chi connectivity index (χ3n) is 6.72. The average molecular weight is 457 g/mol. The number of carboxylic acids is 1. The number of ether oxygens (including phenoxy) is 2. The Hall–Kier alpha value is -2.71. The largest absolute Gasteiger partial charge is 0.481 e. The molecular formula is C25H32N2O6. The van der Waals surface area contributed by atoms with E-state index in [2.05, 4.69) is 16.7 Å². The van der Waals surface area contributed by atoms with E-state index < -0.39 is 5.97 Å². The molecule has 4 rings (SSSR count). The molecular weight excluding hydrogens is 424 g/mol. The highest BCUT2D eigenvalue weighted by Gasteiger charge is 2.68. The fourth-order valence-electron chi connectivity index (χ4n) is 4.96. The number of allylic oxidation sites excluding steroid dienone is 2. The number of carboxylic acid groups (broad SMARTS) is 1. The predicted octanol–water partition coefficient (Wildman–Crippen LogP) is 1.83. The van der Waals surface area contributed by atoms with Crippen LogP contribution in [0.4, 0.5) is 0 Å². The van der Waals surface area contributed by atoms with E-state index in [-0.39, 0.29) is 61.0 Å². The summed E-state index contributed by atoms with van der Waals surface area (Å²) in [5, 5.41) is 14.4. The van der Waals surface area contributed by atoms with Gasteiger partial charge in [-0.3, -0.25) is 14.4 Å². The van der Waals surface area contributed by atoms with E-state index in [1.54, 1.807) is 0 Å². The van der Waals surface area contributed by atoms with E-state index in [4.69, 9.17) is 14.6 Å². The Bertz CT molecular complexity index is 873. The summed E-state index contributed by atoms with van der Waals surface area (Å²) in [4.78, 5) is 35.0. The summed E-state index contributed by atoms with van der Waals surface area (Å²) in [6, 6.07) is 9.78. The Balaban J connectivity index is 1.17. The highest BCUT2D eigenvalue weighted by atomic mass is 16.7. The van der Waals surface area contributed by atoms with Crippen LogP contribution in [0.1, 0.15) is 37.7 Å². The lowest BCUT2D eigenvalue weighted by atomic mass is 9.77. The summed E-state index contributed by atoms with van der Waals surface area (Å²) >= 11 is 0. The van der Waals surface area contributed by atoms with E-state index in [1.165, 1.54) is 0 Å². The average Bonchev–Trinajstić information content (AvgIpc) is 3.44. The van der Waals surface area contributed by atoms with Gasteiger partial charge in [-0.2, -0.15) is 0 Å². The van der Waals surface area contributed by atoms with Crippen molar-refractivity contribution in [1.29, 1.82) is 0 Å². The number of hydrogen-bond acceptors (Lipinski definition) is 5. The van der Waals surface area contributed by atoms with Crippen molar-refractivity contribution in [3.8, 4) is 0 Å². The predicted molar refractivity (Wildman–Crippen MR) is 120 cm³/mol. The molecule has 1 aromatic carbocycles. The van der Waals surface area contributed by atoms with Crippen molar-refractivity contribution in [3.05, 3.63) is 48.0 Å². The lowest BCUT2D eigenvalue weighted by Crippen LogP contribution is -2.44. The molecule has 3 aliphatic heterocycles. The SMILES string of the molecule is O=C(O)CCC/C=C\CC1C(CNC(=O)CNC(=O)CCc2ccccc2)C2OC1C1OC21. The Morgan fingerprint density at radius 2 is 1.61 bits per heavy atom. The molecule has 0 spiro atoms. The van der Waals surface area contributed by atoms with Gasteiger partial charge in [0.05, 0.1) is 18.8 Å². The van der Waals surface area contributed by atoms with Gasteiger partial charge in [0.15, 0.2) is 0 Å². The van der Waals surface area contributed by atoms with Crippen molar-refractivity contribution >= 4 is 17.8 Å². The van der Waals surface area contributed by atoms with E-state index >= 15 is 0 Å². The molecule has 3 fully saturated rings. The van der Waals surface area contributed by atoms with Gasteiger partial charge in [0.1, 0.15) is 12.2 Å². The van der Waals surface area contributed by atoms with Crippen LogP contribution in [0.15, 0.2) is 42.5 Å². The van der Waals surface area contributed by atoms with E-state index in [0.717, 1.165) is 18.4 Å². The van der Waals surface area contributed by atoms with Crippen LogP contribution in [0.25, 0.3) is 0 Å². The fourth-order valence-corrected chi connectivity index (χ4v) is 4.96. The number of rotatable bonds is 13. The van der Waals surface area contributed by atoms with E-state index in [9.17, 15) is 14.4 Å². The zero-order valence-electron chi connectivity index (χ0n) is 18.7. The van der Waals surface area contributed by atoms with Crippen molar-refractivity contribution in [2.75, 3.05) is 13.1 Å². The molecule has 1 aromatic rings. The number of fused-ring (bicyclic) bond motifs is 5. The Labute approximate surface area is 193 Å². The lowest BCUT2D eigenvalue weighted by molar-refractivity contribution is -0.137. The van der Waals surface area contributed by atoms with Crippen LogP contribution in [0, 0.1) is 11.8 Å². The number of carbonyl (C=O) groups is 3. The molecule has 178 valence electrons. The number of nitrogens with one attached hydrogen (secondary N) is 2. The number of epoxide rings is 1. The molecule has 3 aliphatic rings. The quantitative estimate of drug-likeness (QED) is 0.237. The maximum absolute atomic E-state index is 12.3. The van der Waals surface area contributed by atoms with Crippen LogP contribution in [0.3, 0.4) is 0 Å². The zero-order chi connectivity index (χ0) is 23.2. The molecule has 2 bridgehead atoms. The summed E-state index contributed by atoms with van der Waals surface area (Å²) in [5.74, 6) is -0.695. The number of amides is 2. The third-order valence-corrected chi connectivity index (χ3v) is 6.72. The van der Waals surface area contributed by atoms with E-state index in [0.29, 0.717) is 25.8 Å². The van der Waals surface area contributed by atoms with Gasteiger partial charge >= 0.3 is 5.97 Å². The lowest BCUT2D eigenvalue weighted by Gasteiger charge is -2.25. The second-order valence-corrected chi connectivity index (χ2v) is 9.02. The van der Waals surface area contributed by atoms with Crippen LogP contribution in [0.5, 0.6) is 0 Å². The molecule has 8 nitrogen and oxygen atoms in total. The molecule has 2 amide bonds. The van der Waals surface area contributed by atoms with E-state index in [1.807, 2.05) is 36.4 Å². The standard InChI is InChI=1S/C25H32N2O6/c28-19(13-12-16-8-4-3-5-9-16)27-15-20(29)26-14-18-17(10-6-1-2-7-11-21(30)31)22-24-25(33-24)23(18)32-22/h1,3-6,8-9,17-18,22-25H,2,7,10-15H2,(H,26,29)(H,27,28)(H,30,31)/b6-1-. The molecule has 3 heterocycles. The first-order valence-electron chi connectivity index (χ1n) is 11.8. The Morgan fingerprint density at radius 3 is 2.36 bits per heavy atom. The molecule has 33 heavy (non-hydrogen) atoms. The molecule has 0 aromatic heterocycles. The summed E-state index contributed by atoms with van der Waals surface area (Å²) in [5.41, 5.74) is 1.09. The smallest absolute Gasteiger partial charge is 0.303 e. The topological polar surface area (TPSA) is 117 Å². The first-order chi connectivity index (χ1) is 16.0. The van der Waals surface area contributed by atoms with Gasteiger partial charge < -0.3 is 25.2 Å². The fraction of sp³-hybridized carbons (Fsp3) is 0.560. The highest BCUT2D eigenvalue weighted by molar-refractivity contribution is 5.84. The van der Waals surface area contributed by atoms with Crippen LogP contribution in [-0.2, 0) is 30.3 Å². The zero-order valence-corrected chi connectivity index (χ0v) is 18.7. The Kier molecular flexibility index (Phi) is 7.77. The number of aliphatic carboxylic acids is 1. The molecule has 0 aliphatic carbocycles. The van der Waals surface area contributed by atoms with Crippen molar-refractivity contribution < 1.29 is 29.0 Å². The maximum Gasteiger partial charge on any atom is 0.303 e. The van der Waals surface area contributed by atoms with Crippen LogP contribution < -0.4 is 10.6 Å². The highest BCUT2D eigenvalue weighted by Crippen LogP contribution is 2.54. The minimum absolute atomic E-state index is 0.00572. The van der Waals surface area contributed by atoms with Gasteiger partial charge in [-0.15, -0.1) is 0 Å². The van der Waals surface area contributed by atoms with Crippen molar-refractivity contribution in [3.63, 3.8) is 0 Å². The summed E-state index contributed by atoms with van der Waals surface area (Å²) in [6.45, 7) is 0.454. The maximum atomic E-state index is 12.3. The number of aryl methyl sites for hydroxylation is 1. The molecule has 6 unspecified atom stereocenters. The number of benzene rings is 1. The molecule has 0 radical (unpaired) electrons. The summed E-state index contributed by atoms with van der Waals surface area (Å²) < 4.78 is 11.9. The second-order valence-electron chi connectivity index (χ2n) is 9.02. The molecule has 8 heteroatoms. The number of unbranched alkanes of at least 4 members (excludes halogenated alkanes) is 1. The van der Waals surface area contributed by atoms with Crippen molar-refractivity contribution in [2.24, 2.45) is 11.8 Å². The van der Waals surface area contributed by atoms with Crippen LogP contribution >= 0.6 is 0 Å². The van der Waals surface area contributed by atoms with Gasteiger partial charge in [-0.1, -0.05) is 42.5 Å². The molecule has 3 saturated heterocycles. The summed E-state index contributed by atoms with van der Waals surface area (Å²) in [6.07, 6.45) is 7.86. The van der Waals surface area contributed by atoms with Crippen molar-refractivity contribution in [1.82, 2.24) is 10.6 Å². The first kappa shape index (κ1) is 23.4. The van der Waals surface area contributed by atoms with Crippen molar-refractivity contribution in [2.45, 2.75) is 62.9 Å². The first-order valence-corrected chi connectivity index (χ1v) is 11.8. The van der Waals surface area contributed by atoms with Gasteiger partial charge in [-0.05, 0) is 37.2 Å². The molecule has 0 saturated carbocycles. The van der Waals surface area contributed by atoms with Crippen LogP contribution in [0.2, 0.25) is 0 Å². The monoisotopic (exact) mass is 456 g/mol. The van der Waals surface area contributed by atoms with Gasteiger partial charge in [0.2, 0.25) is 11.8 Å². The van der Waals surface area contributed by atoms with Crippen LogP contribution in [-0.4, -0.2) is 60.4 Å². The van der Waals surface area contributed by atoms with Gasteiger partial charge in [0, 0.05) is 25.3 Å². The van der Waals surface area contributed by atoms with Gasteiger partial charge in [-0.25, -0.2) is 0 Å². The van der Waals surface area contributed by atoms with Gasteiger partial charge in [0.25, 0.3) is 0 Å². The third kappa shape index (κ3) is 6.21. The number of carbonyl (C=O) groups excluding carboxylic acids is 2. The normalized spacial score (nSPS) is 29.1. The molecule has 6 atom stereocenters. The molecule has 3 N–H and O–H groups in total. The Morgan fingerprint density at radius 1 is 0.879 bits per heavy atom. The second kappa shape index (κ2) is 10.9. The summed E-state index contributed by atoms with van der Waals surface area (Å²) in [7, 11) is 0.